The van der Waals surface area contributed by atoms with Crippen molar-refractivity contribution in [3.05, 3.63) is 99.2 Å². The number of hydrogen-bond acceptors (Lipinski definition) is 2. The van der Waals surface area contributed by atoms with E-state index in [0.29, 0.717) is 28.7 Å². The number of fused-ring (bicyclic) bond motifs is 1. The fourth-order valence-corrected chi connectivity index (χ4v) is 5.33. The van der Waals surface area contributed by atoms with Crippen LogP contribution in [0.15, 0.2) is 71.8 Å². The van der Waals surface area contributed by atoms with Crippen LogP contribution >= 0.6 is 35.0 Å². The first-order chi connectivity index (χ1) is 15.4. The second-order valence-corrected chi connectivity index (χ2v) is 9.66. The molecule has 0 bridgehead atoms. The summed E-state index contributed by atoms with van der Waals surface area (Å²) in [6.07, 6.45) is 2.18. The molecular formula is C26H24Cl2N2OS. The highest BCUT2D eigenvalue weighted by atomic mass is 35.5. The summed E-state index contributed by atoms with van der Waals surface area (Å²) >= 11 is 13.9. The number of aryl methyl sites for hydroxylation is 2. The number of halogens is 2. The number of para-hydroxylation sites is 1. The second-order valence-electron chi connectivity index (χ2n) is 7.80. The van der Waals surface area contributed by atoms with Crippen LogP contribution in [0.25, 0.3) is 10.9 Å². The number of nitrogens with zero attached hydrogens (tertiary/aromatic N) is 1. The van der Waals surface area contributed by atoms with Gasteiger partial charge in [0.25, 0.3) is 5.91 Å². The largest absolute Gasteiger partial charge is 0.350 e. The predicted molar refractivity (Wildman–Crippen MR) is 136 cm³/mol. The van der Waals surface area contributed by atoms with Gasteiger partial charge in [0.05, 0.1) is 10.6 Å². The molecule has 0 aliphatic rings. The van der Waals surface area contributed by atoms with Crippen LogP contribution in [-0.4, -0.2) is 17.0 Å². The minimum atomic E-state index is -0.201. The average Bonchev–Trinajstić information content (AvgIpc) is 3.12. The fourth-order valence-electron chi connectivity index (χ4n) is 3.68. The monoisotopic (exact) mass is 482 g/mol. The van der Waals surface area contributed by atoms with E-state index in [9.17, 15) is 4.79 Å². The first-order valence-electron chi connectivity index (χ1n) is 10.4. The Kier molecular flexibility index (Phi) is 7.14. The molecule has 1 heterocycles. The van der Waals surface area contributed by atoms with E-state index in [1.807, 2.05) is 17.8 Å². The number of amides is 1. The molecule has 0 aliphatic carbocycles. The molecule has 1 N–H and O–H groups in total. The molecule has 0 radical (unpaired) electrons. The van der Waals surface area contributed by atoms with Gasteiger partial charge in [0, 0.05) is 45.9 Å². The Bertz CT molecular complexity index is 1280. The van der Waals surface area contributed by atoms with Gasteiger partial charge < -0.3 is 9.88 Å². The second kappa shape index (κ2) is 10.0. The zero-order chi connectivity index (χ0) is 22.7. The first kappa shape index (κ1) is 22.8. The number of benzene rings is 3. The van der Waals surface area contributed by atoms with Gasteiger partial charge in [-0.2, -0.15) is 0 Å². The maximum absolute atomic E-state index is 12.5. The van der Waals surface area contributed by atoms with E-state index >= 15 is 0 Å². The third-order valence-electron chi connectivity index (χ3n) is 5.45. The molecule has 3 aromatic carbocycles. The Morgan fingerprint density at radius 3 is 2.66 bits per heavy atom. The van der Waals surface area contributed by atoms with Crippen molar-refractivity contribution in [1.29, 1.82) is 0 Å². The van der Waals surface area contributed by atoms with Crippen molar-refractivity contribution in [2.24, 2.45) is 0 Å². The number of rotatable bonds is 7. The van der Waals surface area contributed by atoms with Crippen LogP contribution in [0.4, 0.5) is 0 Å². The van der Waals surface area contributed by atoms with Crippen LogP contribution in [0, 0.1) is 13.8 Å². The first-order valence-corrected chi connectivity index (χ1v) is 12.2. The fraction of sp³-hybridized carbons (Fsp3) is 0.192. The van der Waals surface area contributed by atoms with Gasteiger partial charge >= 0.3 is 0 Å². The SMILES string of the molecule is Cc1ccc(C)c(CSc2cn(CCNC(=O)c3ccc(Cl)cc3Cl)c3ccccc23)c1. The van der Waals surface area contributed by atoms with Crippen molar-refractivity contribution in [2.45, 2.75) is 31.0 Å². The normalized spacial score (nSPS) is 11.1. The molecule has 3 nitrogen and oxygen atoms in total. The zero-order valence-corrected chi connectivity index (χ0v) is 20.3. The molecule has 0 atom stereocenters. The summed E-state index contributed by atoms with van der Waals surface area (Å²) in [6, 6.07) is 19.9. The van der Waals surface area contributed by atoms with Crippen LogP contribution in [0.1, 0.15) is 27.0 Å². The number of hydrogen-bond donors (Lipinski definition) is 1. The van der Waals surface area contributed by atoms with Gasteiger partial charge in [-0.05, 0) is 49.2 Å². The number of carbonyl (C=O) groups excluding carboxylic acids is 1. The van der Waals surface area contributed by atoms with Gasteiger partial charge in [0.2, 0.25) is 0 Å². The molecular weight excluding hydrogens is 459 g/mol. The van der Waals surface area contributed by atoms with Crippen molar-refractivity contribution < 1.29 is 4.79 Å². The number of thioether (sulfide) groups is 1. The van der Waals surface area contributed by atoms with Crippen molar-refractivity contribution >= 4 is 51.8 Å². The van der Waals surface area contributed by atoms with Gasteiger partial charge in [-0.15, -0.1) is 11.8 Å². The van der Waals surface area contributed by atoms with Crippen molar-refractivity contribution in [3.63, 3.8) is 0 Å². The lowest BCUT2D eigenvalue weighted by molar-refractivity contribution is 0.0952. The summed E-state index contributed by atoms with van der Waals surface area (Å²) in [5.41, 5.74) is 5.55. The summed E-state index contributed by atoms with van der Waals surface area (Å²) in [5.74, 6) is 0.723. The molecule has 4 aromatic rings. The number of carbonyl (C=O) groups is 1. The molecule has 6 heteroatoms. The van der Waals surface area contributed by atoms with Crippen LogP contribution in [-0.2, 0) is 12.3 Å². The van der Waals surface area contributed by atoms with Crippen molar-refractivity contribution in [3.8, 4) is 0 Å². The van der Waals surface area contributed by atoms with E-state index in [1.54, 1.807) is 18.2 Å². The van der Waals surface area contributed by atoms with Crippen molar-refractivity contribution in [1.82, 2.24) is 9.88 Å². The lowest BCUT2D eigenvalue weighted by Crippen LogP contribution is -2.27. The molecule has 4 rings (SSSR count). The molecule has 1 aromatic heterocycles. The standard InChI is InChI=1S/C26H24Cl2N2OS/c1-17-7-8-18(2)19(13-17)16-32-25-15-30(24-6-4-3-5-22(24)25)12-11-29-26(31)21-10-9-20(27)14-23(21)28/h3-10,13-15H,11-12,16H2,1-2H3,(H,29,31). The van der Waals surface area contributed by atoms with Gasteiger partial charge in [0.15, 0.2) is 0 Å². The predicted octanol–water partition coefficient (Wildman–Crippen LogP) is 7.29. The van der Waals surface area contributed by atoms with E-state index in [1.165, 1.54) is 27.0 Å². The Morgan fingerprint density at radius 2 is 1.84 bits per heavy atom. The highest BCUT2D eigenvalue weighted by Crippen LogP contribution is 2.33. The Hall–Kier alpha value is -2.40. The van der Waals surface area contributed by atoms with Gasteiger partial charge in [-0.25, -0.2) is 0 Å². The molecule has 1 amide bonds. The summed E-state index contributed by atoms with van der Waals surface area (Å²) < 4.78 is 2.20. The average molecular weight is 483 g/mol. The smallest absolute Gasteiger partial charge is 0.252 e. The summed E-state index contributed by atoms with van der Waals surface area (Å²) in [5, 5.41) is 5.05. The van der Waals surface area contributed by atoms with Crippen LogP contribution < -0.4 is 5.32 Å². The lowest BCUT2D eigenvalue weighted by atomic mass is 10.1. The van der Waals surface area contributed by atoms with E-state index in [0.717, 1.165) is 11.3 Å². The van der Waals surface area contributed by atoms with E-state index in [4.69, 9.17) is 23.2 Å². The molecule has 0 saturated heterocycles. The Labute approximate surface area is 202 Å². The minimum absolute atomic E-state index is 0.201. The van der Waals surface area contributed by atoms with E-state index < -0.39 is 0 Å². The van der Waals surface area contributed by atoms with Crippen LogP contribution in [0.3, 0.4) is 0 Å². The molecule has 164 valence electrons. The van der Waals surface area contributed by atoms with Gasteiger partial charge in [0.1, 0.15) is 0 Å². The summed E-state index contributed by atoms with van der Waals surface area (Å²) in [4.78, 5) is 13.7. The van der Waals surface area contributed by atoms with E-state index in [-0.39, 0.29) is 5.91 Å². The van der Waals surface area contributed by atoms with Gasteiger partial charge in [-0.3, -0.25) is 4.79 Å². The van der Waals surface area contributed by atoms with E-state index in [2.05, 4.69) is 66.3 Å². The Balaban J connectivity index is 1.46. The highest BCUT2D eigenvalue weighted by Gasteiger charge is 2.12. The molecule has 0 unspecified atom stereocenters. The third kappa shape index (κ3) is 5.15. The topological polar surface area (TPSA) is 34.0 Å². The van der Waals surface area contributed by atoms with Crippen LogP contribution in [0.2, 0.25) is 10.0 Å². The van der Waals surface area contributed by atoms with Gasteiger partial charge in [-0.1, -0.05) is 65.2 Å². The summed E-state index contributed by atoms with van der Waals surface area (Å²) in [6.45, 7) is 5.46. The molecule has 32 heavy (non-hydrogen) atoms. The number of nitrogens with one attached hydrogen (secondary N) is 1. The maximum Gasteiger partial charge on any atom is 0.252 e. The minimum Gasteiger partial charge on any atom is -0.350 e. The maximum atomic E-state index is 12.5. The number of aromatic nitrogens is 1. The summed E-state index contributed by atoms with van der Waals surface area (Å²) in [7, 11) is 0. The lowest BCUT2D eigenvalue weighted by Gasteiger charge is -2.09. The molecule has 0 spiro atoms. The van der Waals surface area contributed by atoms with Crippen molar-refractivity contribution in [2.75, 3.05) is 6.54 Å². The molecule has 0 fully saturated rings. The molecule has 0 aliphatic heterocycles. The third-order valence-corrected chi connectivity index (χ3v) is 7.09. The Morgan fingerprint density at radius 1 is 1.03 bits per heavy atom. The zero-order valence-electron chi connectivity index (χ0n) is 18.0. The van der Waals surface area contributed by atoms with Crippen LogP contribution in [0.5, 0.6) is 0 Å². The highest BCUT2D eigenvalue weighted by molar-refractivity contribution is 7.98. The quantitative estimate of drug-likeness (QED) is 0.280. The molecule has 0 saturated carbocycles.